The molecule has 3 unspecified atom stereocenters. The predicted molar refractivity (Wildman–Crippen MR) is 102 cm³/mol. The van der Waals surface area contributed by atoms with E-state index in [0.717, 1.165) is 25.1 Å². The van der Waals surface area contributed by atoms with Crippen molar-refractivity contribution in [1.29, 1.82) is 0 Å². The Labute approximate surface area is 154 Å². The highest BCUT2D eigenvalue weighted by Gasteiger charge is 2.34. The number of likely N-dealkylation sites (tertiary alicyclic amines) is 1. The van der Waals surface area contributed by atoms with Crippen molar-refractivity contribution in [1.82, 2.24) is 4.90 Å². The van der Waals surface area contributed by atoms with E-state index < -0.39 is 0 Å². The summed E-state index contributed by atoms with van der Waals surface area (Å²) in [4.78, 5) is 17.4. The highest BCUT2D eigenvalue weighted by atomic mass is 16.3. The molecule has 1 aromatic heterocycles. The number of anilines is 1. The van der Waals surface area contributed by atoms with E-state index in [1.165, 1.54) is 11.3 Å². The molecule has 0 radical (unpaired) electrons. The number of fused-ring (bicyclic) bond motifs is 1. The van der Waals surface area contributed by atoms with Crippen LogP contribution in [0.3, 0.4) is 0 Å². The van der Waals surface area contributed by atoms with Gasteiger partial charge in [-0.15, -0.1) is 0 Å². The van der Waals surface area contributed by atoms with Gasteiger partial charge in [-0.25, -0.2) is 0 Å². The standard InChI is InChI=1S/C21H27N3O2/c1-14-9-16(11-22)12-24(14)21(25)18-7-8-26-20(18)13-23-15(2)10-17-5-3-4-6-19(17)23/h3-8,14-16H,9-13,22H2,1-2H3. The first kappa shape index (κ1) is 17.2. The van der Waals surface area contributed by atoms with Crippen molar-refractivity contribution in [2.75, 3.05) is 18.0 Å². The largest absolute Gasteiger partial charge is 0.467 e. The molecule has 1 amide bonds. The summed E-state index contributed by atoms with van der Waals surface area (Å²) in [7, 11) is 0. The smallest absolute Gasteiger partial charge is 0.257 e. The molecule has 2 N–H and O–H groups in total. The van der Waals surface area contributed by atoms with Gasteiger partial charge in [-0.3, -0.25) is 4.79 Å². The average Bonchev–Trinajstić information content (AvgIpc) is 3.33. The maximum Gasteiger partial charge on any atom is 0.257 e. The van der Waals surface area contributed by atoms with Gasteiger partial charge >= 0.3 is 0 Å². The lowest BCUT2D eigenvalue weighted by Crippen LogP contribution is -2.35. The van der Waals surface area contributed by atoms with Gasteiger partial charge in [-0.1, -0.05) is 18.2 Å². The SMILES string of the molecule is CC1CC(CN)CN1C(=O)c1ccoc1CN1c2ccccc2CC1C. The van der Waals surface area contributed by atoms with Gasteiger partial charge in [-0.2, -0.15) is 0 Å². The zero-order valence-corrected chi connectivity index (χ0v) is 15.5. The number of nitrogens with two attached hydrogens (primary N) is 1. The predicted octanol–water partition coefficient (Wildman–Crippen LogP) is 3.04. The summed E-state index contributed by atoms with van der Waals surface area (Å²) >= 11 is 0. The van der Waals surface area contributed by atoms with Crippen LogP contribution in [0.4, 0.5) is 5.69 Å². The van der Waals surface area contributed by atoms with Crippen molar-refractivity contribution in [2.45, 2.75) is 45.3 Å². The van der Waals surface area contributed by atoms with Gasteiger partial charge in [0.2, 0.25) is 0 Å². The zero-order valence-electron chi connectivity index (χ0n) is 15.5. The number of hydrogen-bond donors (Lipinski definition) is 1. The molecule has 0 aliphatic carbocycles. The van der Waals surface area contributed by atoms with Gasteiger partial charge in [0.1, 0.15) is 5.76 Å². The van der Waals surface area contributed by atoms with Crippen LogP contribution in [0.1, 0.15) is 41.9 Å². The lowest BCUT2D eigenvalue weighted by atomic mass is 10.1. The second kappa shape index (κ2) is 6.80. The Morgan fingerprint density at radius 3 is 2.81 bits per heavy atom. The van der Waals surface area contributed by atoms with E-state index in [9.17, 15) is 4.79 Å². The molecular formula is C21H27N3O2. The van der Waals surface area contributed by atoms with E-state index in [1.807, 2.05) is 11.0 Å². The summed E-state index contributed by atoms with van der Waals surface area (Å²) in [5.41, 5.74) is 9.10. The summed E-state index contributed by atoms with van der Waals surface area (Å²) in [6.45, 7) is 6.32. The lowest BCUT2D eigenvalue weighted by molar-refractivity contribution is 0.0741. The van der Waals surface area contributed by atoms with Crippen molar-refractivity contribution in [3.63, 3.8) is 0 Å². The number of benzene rings is 1. The van der Waals surface area contributed by atoms with Crippen LogP contribution in [0.2, 0.25) is 0 Å². The van der Waals surface area contributed by atoms with E-state index in [-0.39, 0.29) is 11.9 Å². The third-order valence-electron chi connectivity index (χ3n) is 5.89. The number of para-hydroxylation sites is 1. The maximum atomic E-state index is 13.1. The Morgan fingerprint density at radius 1 is 1.23 bits per heavy atom. The van der Waals surface area contributed by atoms with E-state index in [4.69, 9.17) is 10.2 Å². The van der Waals surface area contributed by atoms with Gasteiger partial charge in [-0.05, 0) is 56.8 Å². The molecule has 26 heavy (non-hydrogen) atoms. The van der Waals surface area contributed by atoms with Gasteiger partial charge in [0.15, 0.2) is 0 Å². The van der Waals surface area contributed by atoms with E-state index in [2.05, 4.69) is 43.0 Å². The number of carbonyl (C=O) groups is 1. The molecule has 2 aromatic rings. The highest BCUT2D eigenvalue weighted by Crippen LogP contribution is 2.34. The fourth-order valence-electron chi connectivity index (χ4n) is 4.43. The third kappa shape index (κ3) is 2.90. The number of amides is 1. The third-order valence-corrected chi connectivity index (χ3v) is 5.89. The van der Waals surface area contributed by atoms with Crippen LogP contribution in [-0.2, 0) is 13.0 Å². The molecule has 0 spiro atoms. The van der Waals surface area contributed by atoms with E-state index in [0.29, 0.717) is 30.6 Å². The Bertz CT molecular complexity index is 800. The Balaban J connectivity index is 1.55. The van der Waals surface area contributed by atoms with Crippen LogP contribution in [0.5, 0.6) is 0 Å². The molecule has 3 atom stereocenters. The van der Waals surface area contributed by atoms with Crippen molar-refractivity contribution < 1.29 is 9.21 Å². The quantitative estimate of drug-likeness (QED) is 0.918. The summed E-state index contributed by atoms with van der Waals surface area (Å²) in [5.74, 6) is 1.22. The summed E-state index contributed by atoms with van der Waals surface area (Å²) in [6.07, 6.45) is 3.64. The van der Waals surface area contributed by atoms with Crippen LogP contribution in [0.25, 0.3) is 0 Å². The molecule has 1 aromatic carbocycles. The van der Waals surface area contributed by atoms with Crippen molar-refractivity contribution in [2.24, 2.45) is 11.7 Å². The molecule has 1 saturated heterocycles. The first-order chi connectivity index (χ1) is 12.6. The normalized spacial score (nSPS) is 25.0. The number of nitrogens with zero attached hydrogens (tertiary/aromatic N) is 2. The van der Waals surface area contributed by atoms with Gasteiger partial charge in [0, 0.05) is 24.3 Å². The molecule has 3 heterocycles. The molecule has 5 heteroatoms. The topological polar surface area (TPSA) is 62.7 Å². The molecule has 0 saturated carbocycles. The van der Waals surface area contributed by atoms with Crippen LogP contribution in [0, 0.1) is 5.92 Å². The van der Waals surface area contributed by atoms with Crippen molar-refractivity contribution >= 4 is 11.6 Å². The molecule has 0 bridgehead atoms. The van der Waals surface area contributed by atoms with Gasteiger partial charge in [0.05, 0.1) is 18.4 Å². The van der Waals surface area contributed by atoms with E-state index in [1.54, 1.807) is 6.26 Å². The fourth-order valence-corrected chi connectivity index (χ4v) is 4.43. The minimum Gasteiger partial charge on any atom is -0.467 e. The zero-order chi connectivity index (χ0) is 18.3. The number of hydrogen-bond acceptors (Lipinski definition) is 4. The van der Waals surface area contributed by atoms with Crippen molar-refractivity contribution in [3.8, 4) is 0 Å². The minimum atomic E-state index is 0.0670. The molecule has 2 aliphatic heterocycles. The van der Waals surface area contributed by atoms with Crippen LogP contribution < -0.4 is 10.6 Å². The number of rotatable bonds is 4. The van der Waals surface area contributed by atoms with Crippen molar-refractivity contribution in [3.05, 3.63) is 53.5 Å². The Hall–Kier alpha value is -2.27. The summed E-state index contributed by atoms with van der Waals surface area (Å²) in [6, 6.07) is 10.9. The Kier molecular flexibility index (Phi) is 4.49. The lowest BCUT2D eigenvalue weighted by Gasteiger charge is -2.25. The maximum absolute atomic E-state index is 13.1. The minimum absolute atomic E-state index is 0.0670. The van der Waals surface area contributed by atoms with Crippen LogP contribution in [0.15, 0.2) is 41.0 Å². The summed E-state index contributed by atoms with van der Waals surface area (Å²) < 4.78 is 5.75. The second-order valence-corrected chi connectivity index (χ2v) is 7.71. The van der Waals surface area contributed by atoms with Crippen LogP contribution >= 0.6 is 0 Å². The Morgan fingerprint density at radius 2 is 2.04 bits per heavy atom. The summed E-state index contributed by atoms with van der Waals surface area (Å²) in [5, 5.41) is 0. The number of furan rings is 1. The molecule has 1 fully saturated rings. The molecule has 138 valence electrons. The molecule has 5 nitrogen and oxygen atoms in total. The monoisotopic (exact) mass is 353 g/mol. The molecule has 4 rings (SSSR count). The highest BCUT2D eigenvalue weighted by molar-refractivity contribution is 5.95. The fraction of sp³-hybridized carbons (Fsp3) is 0.476. The molecular weight excluding hydrogens is 326 g/mol. The second-order valence-electron chi connectivity index (χ2n) is 7.71. The first-order valence-electron chi connectivity index (χ1n) is 9.50. The van der Waals surface area contributed by atoms with E-state index >= 15 is 0 Å². The first-order valence-corrected chi connectivity index (χ1v) is 9.50. The van der Waals surface area contributed by atoms with Gasteiger partial charge < -0.3 is 20.0 Å². The molecule has 2 aliphatic rings. The van der Waals surface area contributed by atoms with Gasteiger partial charge in [0.25, 0.3) is 5.91 Å². The number of carbonyl (C=O) groups excluding carboxylic acids is 1. The average molecular weight is 353 g/mol. The van der Waals surface area contributed by atoms with Crippen LogP contribution in [-0.4, -0.2) is 36.0 Å².